The highest BCUT2D eigenvalue weighted by Crippen LogP contribution is 2.38. The van der Waals surface area contributed by atoms with Crippen LogP contribution in [0.1, 0.15) is 31.2 Å². The van der Waals surface area contributed by atoms with Crippen molar-refractivity contribution in [1.29, 1.82) is 0 Å². The molecule has 0 aliphatic carbocycles. The molecule has 1 aromatic rings. The average molecular weight is 332 g/mol. The molecule has 132 valence electrons. The van der Waals surface area contributed by atoms with E-state index in [4.69, 9.17) is 9.47 Å². The predicted octanol–water partition coefficient (Wildman–Crippen LogP) is 2.20. The number of amides is 1. The molecule has 1 aromatic carbocycles. The molecule has 2 aliphatic rings. The number of methoxy groups -OCH3 is 1. The lowest BCUT2D eigenvalue weighted by atomic mass is 9.74. The molecule has 5 heteroatoms. The molecule has 2 fully saturated rings. The molecule has 1 N–H and O–H groups in total. The van der Waals surface area contributed by atoms with Gasteiger partial charge in [-0.3, -0.25) is 9.69 Å². The molecule has 0 unspecified atom stereocenters. The van der Waals surface area contributed by atoms with Gasteiger partial charge in [-0.2, -0.15) is 0 Å². The van der Waals surface area contributed by atoms with E-state index in [-0.39, 0.29) is 5.91 Å². The molecule has 0 bridgehead atoms. The smallest absolute Gasteiger partial charge is 0.234 e. The number of ether oxygens (including phenoxy) is 2. The van der Waals surface area contributed by atoms with E-state index in [9.17, 15) is 4.79 Å². The van der Waals surface area contributed by atoms with Gasteiger partial charge in [0.15, 0.2) is 0 Å². The SMILES string of the molecule is COc1ccccc1CNC(=O)CN1CCCC2(CCOCC2)C1. The predicted molar refractivity (Wildman–Crippen MR) is 93.0 cm³/mol. The molecule has 1 spiro atoms. The molecule has 1 amide bonds. The normalized spacial score (nSPS) is 20.7. The Morgan fingerprint density at radius 2 is 2.08 bits per heavy atom. The van der Waals surface area contributed by atoms with Crippen molar-refractivity contribution in [1.82, 2.24) is 10.2 Å². The summed E-state index contributed by atoms with van der Waals surface area (Å²) >= 11 is 0. The van der Waals surface area contributed by atoms with Gasteiger partial charge in [-0.25, -0.2) is 0 Å². The minimum Gasteiger partial charge on any atom is -0.496 e. The summed E-state index contributed by atoms with van der Waals surface area (Å²) < 4.78 is 10.8. The van der Waals surface area contributed by atoms with Crippen molar-refractivity contribution in [2.24, 2.45) is 5.41 Å². The molecule has 2 saturated heterocycles. The van der Waals surface area contributed by atoms with Crippen LogP contribution < -0.4 is 10.1 Å². The number of likely N-dealkylation sites (tertiary alicyclic amines) is 1. The number of nitrogens with zero attached hydrogens (tertiary/aromatic N) is 1. The Morgan fingerprint density at radius 3 is 2.88 bits per heavy atom. The lowest BCUT2D eigenvalue weighted by Gasteiger charge is -2.44. The van der Waals surface area contributed by atoms with Gasteiger partial charge in [0, 0.05) is 31.9 Å². The first-order valence-electron chi connectivity index (χ1n) is 8.89. The van der Waals surface area contributed by atoms with E-state index in [0.717, 1.165) is 50.5 Å². The average Bonchev–Trinajstić information content (AvgIpc) is 2.61. The van der Waals surface area contributed by atoms with E-state index in [1.165, 1.54) is 12.8 Å². The first kappa shape index (κ1) is 17.2. The third kappa shape index (κ3) is 4.28. The number of piperidine rings is 1. The Balaban J connectivity index is 1.49. The van der Waals surface area contributed by atoms with Crippen molar-refractivity contribution < 1.29 is 14.3 Å². The fourth-order valence-corrected chi connectivity index (χ4v) is 3.96. The number of carbonyl (C=O) groups excluding carboxylic acids is 1. The second kappa shape index (κ2) is 7.99. The lowest BCUT2D eigenvalue weighted by molar-refractivity contribution is -0.123. The van der Waals surface area contributed by atoms with Crippen molar-refractivity contribution in [2.75, 3.05) is 40.0 Å². The molecule has 24 heavy (non-hydrogen) atoms. The van der Waals surface area contributed by atoms with E-state index < -0.39 is 0 Å². The van der Waals surface area contributed by atoms with Crippen LogP contribution in [0.4, 0.5) is 0 Å². The fraction of sp³-hybridized carbons (Fsp3) is 0.632. The van der Waals surface area contributed by atoms with Crippen LogP contribution >= 0.6 is 0 Å². The standard InChI is InChI=1S/C19H28N2O3/c1-23-17-6-3-2-5-16(17)13-20-18(22)14-21-10-4-7-19(15-21)8-11-24-12-9-19/h2-3,5-6H,4,7-15H2,1H3,(H,20,22). The topological polar surface area (TPSA) is 50.8 Å². The van der Waals surface area contributed by atoms with Gasteiger partial charge in [-0.05, 0) is 43.7 Å². The summed E-state index contributed by atoms with van der Waals surface area (Å²) in [7, 11) is 1.65. The maximum atomic E-state index is 12.3. The van der Waals surface area contributed by atoms with Gasteiger partial charge in [0.2, 0.25) is 5.91 Å². The third-order valence-electron chi connectivity index (χ3n) is 5.33. The summed E-state index contributed by atoms with van der Waals surface area (Å²) in [5, 5.41) is 3.03. The fourth-order valence-electron chi connectivity index (χ4n) is 3.96. The van der Waals surface area contributed by atoms with Crippen molar-refractivity contribution in [3.8, 4) is 5.75 Å². The zero-order chi connectivity index (χ0) is 16.8. The maximum absolute atomic E-state index is 12.3. The summed E-state index contributed by atoms with van der Waals surface area (Å²) in [4.78, 5) is 14.6. The van der Waals surface area contributed by atoms with E-state index in [0.29, 0.717) is 18.5 Å². The van der Waals surface area contributed by atoms with Crippen LogP contribution in [0.3, 0.4) is 0 Å². The number of hydrogen-bond acceptors (Lipinski definition) is 4. The minimum atomic E-state index is 0.0880. The summed E-state index contributed by atoms with van der Waals surface area (Å²) in [6, 6.07) is 7.80. The number of carbonyl (C=O) groups is 1. The van der Waals surface area contributed by atoms with Crippen LogP contribution in [0.2, 0.25) is 0 Å². The first-order chi connectivity index (χ1) is 11.7. The molecule has 2 heterocycles. The Bertz CT molecular complexity index is 550. The van der Waals surface area contributed by atoms with Crippen LogP contribution in [0.15, 0.2) is 24.3 Å². The van der Waals surface area contributed by atoms with Gasteiger partial charge in [0.05, 0.1) is 13.7 Å². The highest BCUT2D eigenvalue weighted by atomic mass is 16.5. The van der Waals surface area contributed by atoms with E-state index in [1.807, 2.05) is 24.3 Å². The van der Waals surface area contributed by atoms with Crippen LogP contribution in [-0.4, -0.2) is 50.8 Å². The van der Waals surface area contributed by atoms with E-state index in [1.54, 1.807) is 7.11 Å². The van der Waals surface area contributed by atoms with Crippen LogP contribution in [0.25, 0.3) is 0 Å². The van der Waals surface area contributed by atoms with Crippen molar-refractivity contribution >= 4 is 5.91 Å². The van der Waals surface area contributed by atoms with Gasteiger partial charge in [0.25, 0.3) is 0 Å². The number of benzene rings is 1. The molecular formula is C19H28N2O3. The Kier molecular flexibility index (Phi) is 5.74. The summed E-state index contributed by atoms with van der Waals surface area (Å²) in [5.41, 5.74) is 1.38. The monoisotopic (exact) mass is 332 g/mol. The van der Waals surface area contributed by atoms with E-state index >= 15 is 0 Å². The van der Waals surface area contributed by atoms with Crippen molar-refractivity contribution in [2.45, 2.75) is 32.2 Å². The highest BCUT2D eigenvalue weighted by molar-refractivity contribution is 5.78. The Hall–Kier alpha value is -1.59. The van der Waals surface area contributed by atoms with Gasteiger partial charge in [-0.1, -0.05) is 18.2 Å². The lowest BCUT2D eigenvalue weighted by Crippen LogP contribution is -2.49. The number of para-hydroxylation sites is 1. The van der Waals surface area contributed by atoms with Crippen molar-refractivity contribution in [3.05, 3.63) is 29.8 Å². The Labute approximate surface area is 144 Å². The van der Waals surface area contributed by atoms with Crippen LogP contribution in [0, 0.1) is 5.41 Å². The second-order valence-corrected chi connectivity index (χ2v) is 7.02. The number of hydrogen-bond donors (Lipinski definition) is 1. The summed E-state index contributed by atoms with van der Waals surface area (Å²) in [6.07, 6.45) is 4.72. The number of rotatable bonds is 5. The van der Waals surface area contributed by atoms with Crippen LogP contribution in [0.5, 0.6) is 5.75 Å². The highest BCUT2D eigenvalue weighted by Gasteiger charge is 2.37. The molecule has 3 rings (SSSR count). The van der Waals surface area contributed by atoms with Gasteiger partial charge < -0.3 is 14.8 Å². The quantitative estimate of drug-likeness (QED) is 0.898. The zero-order valence-corrected chi connectivity index (χ0v) is 14.6. The van der Waals surface area contributed by atoms with Crippen LogP contribution in [-0.2, 0) is 16.1 Å². The van der Waals surface area contributed by atoms with Crippen molar-refractivity contribution in [3.63, 3.8) is 0 Å². The molecule has 0 radical (unpaired) electrons. The molecule has 0 atom stereocenters. The largest absolute Gasteiger partial charge is 0.496 e. The summed E-state index contributed by atoms with van der Waals surface area (Å²) in [5.74, 6) is 0.905. The second-order valence-electron chi connectivity index (χ2n) is 7.02. The minimum absolute atomic E-state index is 0.0880. The van der Waals surface area contributed by atoms with Gasteiger partial charge in [-0.15, -0.1) is 0 Å². The van der Waals surface area contributed by atoms with E-state index in [2.05, 4.69) is 10.2 Å². The Morgan fingerprint density at radius 1 is 1.29 bits per heavy atom. The summed E-state index contributed by atoms with van der Waals surface area (Å²) in [6.45, 7) is 4.78. The van der Waals surface area contributed by atoms with Gasteiger partial charge >= 0.3 is 0 Å². The maximum Gasteiger partial charge on any atom is 0.234 e. The molecule has 2 aliphatic heterocycles. The first-order valence-corrected chi connectivity index (χ1v) is 8.89. The third-order valence-corrected chi connectivity index (χ3v) is 5.33. The number of nitrogens with one attached hydrogen (secondary N) is 1. The van der Waals surface area contributed by atoms with Gasteiger partial charge in [0.1, 0.15) is 5.75 Å². The molecule has 0 aromatic heterocycles. The molecule has 0 saturated carbocycles. The molecule has 5 nitrogen and oxygen atoms in total. The zero-order valence-electron chi connectivity index (χ0n) is 14.6. The molecular weight excluding hydrogens is 304 g/mol.